The van der Waals surface area contributed by atoms with Crippen LogP contribution in [0.1, 0.15) is 24.8 Å². The van der Waals surface area contributed by atoms with Gasteiger partial charge in [0.25, 0.3) is 0 Å². The van der Waals surface area contributed by atoms with E-state index < -0.39 is 47.0 Å². The summed E-state index contributed by atoms with van der Waals surface area (Å²) in [6.07, 6.45) is -3.50. The van der Waals surface area contributed by atoms with Crippen LogP contribution in [0, 0.1) is 23.7 Å². The van der Waals surface area contributed by atoms with Crippen molar-refractivity contribution in [2.24, 2.45) is 23.7 Å². The lowest BCUT2D eigenvalue weighted by atomic mass is 9.59. The highest BCUT2D eigenvalue weighted by Crippen LogP contribution is 2.53. The van der Waals surface area contributed by atoms with Crippen molar-refractivity contribution in [2.75, 3.05) is 4.90 Å². The minimum absolute atomic E-state index is 0.0757. The fourth-order valence-corrected chi connectivity index (χ4v) is 5.39. The lowest BCUT2D eigenvalue weighted by molar-refractivity contribution is -0.143. The van der Waals surface area contributed by atoms with Gasteiger partial charge in [-0.1, -0.05) is 11.6 Å². The van der Waals surface area contributed by atoms with Crippen LogP contribution in [0.25, 0.3) is 0 Å². The standard InChI is InChI=1S/C23H17ClF3NO4/c24-12-2-4-13(5-3-12)32-14-6-8-17(16(10-14)23(25,26)27)28-21(30)19-11-1-7-15(18(29)9-11)20(19)22(28)31/h2-6,8,10-11,15,19-20H,1,7,9H2/t11-,15+,19+,20-/m1/s1. The third kappa shape index (κ3) is 3.28. The van der Waals surface area contributed by atoms with Crippen molar-refractivity contribution in [1.82, 2.24) is 0 Å². The number of Topliss-reactive ketones (excluding diaryl/α,β-unsaturated/α-hetero) is 1. The first-order valence-corrected chi connectivity index (χ1v) is 10.6. The van der Waals surface area contributed by atoms with Crippen LogP contribution in [0.4, 0.5) is 18.9 Å². The van der Waals surface area contributed by atoms with E-state index in [-0.39, 0.29) is 29.6 Å². The first-order chi connectivity index (χ1) is 15.1. The summed E-state index contributed by atoms with van der Waals surface area (Å²) in [5.41, 5.74) is -1.68. The Balaban J connectivity index is 1.53. The number of ether oxygens (including phenoxy) is 1. The van der Waals surface area contributed by atoms with Gasteiger partial charge in [-0.15, -0.1) is 0 Å². The zero-order valence-corrected chi connectivity index (χ0v) is 17.3. The first-order valence-electron chi connectivity index (χ1n) is 10.2. The Morgan fingerprint density at radius 3 is 2.22 bits per heavy atom. The van der Waals surface area contributed by atoms with Gasteiger partial charge in [-0.25, -0.2) is 4.90 Å². The molecule has 0 aromatic heterocycles. The molecule has 166 valence electrons. The number of ketones is 1. The average molecular weight is 464 g/mol. The Morgan fingerprint density at radius 2 is 1.56 bits per heavy atom. The summed E-state index contributed by atoms with van der Waals surface area (Å²) in [6, 6.07) is 9.21. The smallest absolute Gasteiger partial charge is 0.418 e. The number of nitrogens with zero attached hydrogens (tertiary/aromatic N) is 1. The van der Waals surface area contributed by atoms with Crippen molar-refractivity contribution in [3.05, 3.63) is 53.1 Å². The second-order valence-corrected chi connectivity index (χ2v) is 8.85. The number of benzene rings is 2. The molecule has 4 atom stereocenters. The molecule has 2 bridgehead atoms. The Kier molecular flexibility index (Phi) is 4.81. The zero-order chi connectivity index (χ0) is 22.8. The number of carbonyl (C=O) groups excluding carboxylic acids is 3. The Labute approximate surface area is 186 Å². The van der Waals surface area contributed by atoms with Gasteiger partial charge in [0.2, 0.25) is 11.8 Å². The number of carbonyl (C=O) groups is 3. The molecule has 32 heavy (non-hydrogen) atoms. The number of amides is 2. The number of hydrogen-bond donors (Lipinski definition) is 0. The van der Waals surface area contributed by atoms with Crippen molar-refractivity contribution in [1.29, 1.82) is 0 Å². The molecular formula is C23H17ClF3NO4. The number of hydrogen-bond acceptors (Lipinski definition) is 4. The van der Waals surface area contributed by atoms with Crippen LogP contribution in [0.2, 0.25) is 5.02 Å². The van der Waals surface area contributed by atoms with Gasteiger partial charge in [0.1, 0.15) is 17.3 Å². The highest BCUT2D eigenvalue weighted by Gasteiger charge is 2.61. The van der Waals surface area contributed by atoms with E-state index in [4.69, 9.17) is 16.3 Å². The van der Waals surface area contributed by atoms with E-state index in [1.54, 1.807) is 0 Å². The van der Waals surface area contributed by atoms with Crippen molar-refractivity contribution < 1.29 is 32.3 Å². The van der Waals surface area contributed by atoms with Gasteiger partial charge >= 0.3 is 6.18 Å². The molecule has 1 saturated heterocycles. The van der Waals surface area contributed by atoms with E-state index in [2.05, 4.69) is 0 Å². The lowest BCUT2D eigenvalue weighted by Gasteiger charge is -2.41. The summed E-state index contributed by atoms with van der Waals surface area (Å²) in [5, 5.41) is 0.448. The summed E-state index contributed by atoms with van der Waals surface area (Å²) >= 11 is 5.81. The maximum absolute atomic E-state index is 13.9. The number of imide groups is 1. The van der Waals surface area contributed by atoms with Gasteiger partial charge < -0.3 is 4.74 Å². The van der Waals surface area contributed by atoms with E-state index in [1.165, 1.54) is 30.3 Å². The monoisotopic (exact) mass is 463 g/mol. The molecule has 0 spiro atoms. The van der Waals surface area contributed by atoms with Crippen LogP contribution in [0.15, 0.2) is 42.5 Å². The summed E-state index contributed by atoms with van der Waals surface area (Å²) in [7, 11) is 0. The van der Waals surface area contributed by atoms with Gasteiger partial charge in [-0.3, -0.25) is 14.4 Å². The Bertz CT molecular complexity index is 1130. The average Bonchev–Trinajstić information content (AvgIpc) is 3.02. The fourth-order valence-electron chi connectivity index (χ4n) is 5.26. The fraction of sp³-hybridized carbons (Fsp3) is 0.348. The molecule has 5 nitrogen and oxygen atoms in total. The summed E-state index contributed by atoms with van der Waals surface area (Å²) < 4.78 is 47.3. The van der Waals surface area contributed by atoms with E-state index in [0.29, 0.717) is 22.8 Å². The summed E-state index contributed by atoms with van der Waals surface area (Å²) in [4.78, 5) is 39.1. The molecule has 1 aliphatic heterocycles. The van der Waals surface area contributed by atoms with Gasteiger partial charge in [-0.2, -0.15) is 13.2 Å². The third-order valence-electron chi connectivity index (χ3n) is 6.63. The molecule has 9 heteroatoms. The molecule has 0 unspecified atom stereocenters. The summed E-state index contributed by atoms with van der Waals surface area (Å²) in [5.74, 6) is -3.75. The second kappa shape index (κ2) is 7.33. The highest BCUT2D eigenvalue weighted by molar-refractivity contribution is 6.30. The zero-order valence-electron chi connectivity index (χ0n) is 16.6. The van der Waals surface area contributed by atoms with Gasteiger partial charge in [-0.05, 0) is 61.2 Å². The van der Waals surface area contributed by atoms with Crippen LogP contribution in [0.3, 0.4) is 0 Å². The molecule has 4 fully saturated rings. The van der Waals surface area contributed by atoms with Crippen LogP contribution < -0.4 is 9.64 Å². The molecule has 4 aliphatic rings. The molecule has 0 radical (unpaired) electrons. The Morgan fingerprint density at radius 1 is 0.906 bits per heavy atom. The minimum atomic E-state index is -4.84. The SMILES string of the molecule is O=C1C[C@H]2CC[C@@H]1[C@H]1C(=O)N(c3ccc(Oc4ccc(Cl)cc4)cc3C(F)(F)F)C(=O)[C@@H]21. The number of anilines is 1. The van der Waals surface area contributed by atoms with Crippen molar-refractivity contribution in [3.8, 4) is 11.5 Å². The van der Waals surface area contributed by atoms with Crippen LogP contribution in [-0.4, -0.2) is 17.6 Å². The van der Waals surface area contributed by atoms with Crippen molar-refractivity contribution in [2.45, 2.75) is 25.4 Å². The topological polar surface area (TPSA) is 63.7 Å². The number of fused-ring (bicyclic) bond motifs is 2. The van der Waals surface area contributed by atoms with Crippen molar-refractivity contribution >= 4 is 34.9 Å². The van der Waals surface area contributed by atoms with E-state index in [1.807, 2.05) is 0 Å². The van der Waals surface area contributed by atoms with Gasteiger partial charge in [0.15, 0.2) is 0 Å². The van der Waals surface area contributed by atoms with E-state index >= 15 is 0 Å². The van der Waals surface area contributed by atoms with Crippen LogP contribution >= 0.6 is 11.6 Å². The summed E-state index contributed by atoms with van der Waals surface area (Å²) in [6.45, 7) is 0. The maximum atomic E-state index is 13.9. The maximum Gasteiger partial charge on any atom is 0.418 e. The number of halogens is 4. The molecule has 3 saturated carbocycles. The molecular weight excluding hydrogens is 447 g/mol. The normalized spacial score (nSPS) is 27.1. The largest absolute Gasteiger partial charge is 0.457 e. The Hall–Kier alpha value is -2.87. The van der Waals surface area contributed by atoms with E-state index in [0.717, 1.165) is 12.1 Å². The molecule has 2 aromatic carbocycles. The highest BCUT2D eigenvalue weighted by atomic mass is 35.5. The lowest BCUT2D eigenvalue weighted by Crippen LogP contribution is -2.46. The predicted molar refractivity (Wildman–Crippen MR) is 108 cm³/mol. The molecule has 2 aromatic rings. The predicted octanol–water partition coefficient (Wildman–Crippen LogP) is 5.26. The number of alkyl halides is 3. The molecule has 6 rings (SSSR count). The second-order valence-electron chi connectivity index (χ2n) is 8.41. The molecule has 2 amide bonds. The first kappa shape index (κ1) is 21.0. The quantitative estimate of drug-likeness (QED) is 0.583. The van der Waals surface area contributed by atoms with Gasteiger partial charge in [0, 0.05) is 17.4 Å². The van der Waals surface area contributed by atoms with Crippen molar-refractivity contribution in [3.63, 3.8) is 0 Å². The number of rotatable bonds is 3. The minimum Gasteiger partial charge on any atom is -0.457 e. The molecule has 0 N–H and O–H groups in total. The molecule has 3 aliphatic carbocycles. The van der Waals surface area contributed by atoms with Gasteiger partial charge in [0.05, 0.1) is 23.1 Å². The van der Waals surface area contributed by atoms with E-state index in [9.17, 15) is 27.6 Å². The molecule has 1 heterocycles. The third-order valence-corrected chi connectivity index (χ3v) is 6.88. The van der Waals surface area contributed by atoms with Crippen LogP contribution in [0.5, 0.6) is 11.5 Å². The van der Waals surface area contributed by atoms with Crippen LogP contribution in [-0.2, 0) is 20.6 Å².